The van der Waals surface area contributed by atoms with Crippen LogP contribution in [0.2, 0.25) is 0 Å². The van der Waals surface area contributed by atoms with Gasteiger partial charge in [-0.1, -0.05) is 24.3 Å². The smallest absolute Gasteiger partial charge is 0.336 e. The average molecular weight is 315 g/mol. The van der Waals surface area contributed by atoms with Crippen LogP contribution in [0, 0.1) is 5.82 Å². The molecular weight excluding hydrogens is 301 g/mol. The van der Waals surface area contributed by atoms with Crippen molar-refractivity contribution >= 4 is 17.7 Å². The number of ketones is 1. The molecule has 118 valence electrons. The fourth-order valence-corrected chi connectivity index (χ4v) is 2.03. The van der Waals surface area contributed by atoms with Crippen LogP contribution in [-0.4, -0.2) is 22.8 Å². The number of nitrogens with one attached hydrogen (secondary N) is 1. The lowest BCUT2D eigenvalue weighted by Crippen LogP contribution is -2.25. The van der Waals surface area contributed by atoms with Gasteiger partial charge in [0.05, 0.1) is 11.1 Å². The quantitative estimate of drug-likeness (QED) is 0.831. The first-order valence-corrected chi connectivity index (χ1v) is 6.79. The van der Waals surface area contributed by atoms with E-state index < -0.39 is 17.7 Å². The summed E-state index contributed by atoms with van der Waals surface area (Å²) in [6.45, 7) is 1.58. The molecule has 5 nitrogen and oxygen atoms in total. The van der Waals surface area contributed by atoms with Gasteiger partial charge in [0.25, 0.3) is 5.91 Å². The standard InChI is InChI=1S/C17H14FNO4/c1-10(20)12-4-2-11(3-5-12)9-19-16(21)15-8-13(18)6-7-14(15)17(22)23/h2-8H,9H2,1H3,(H,19,21)(H,22,23). The van der Waals surface area contributed by atoms with E-state index in [1.54, 1.807) is 24.3 Å². The Morgan fingerprint density at radius 1 is 1.04 bits per heavy atom. The molecular formula is C17H14FNO4. The molecule has 2 rings (SSSR count). The Morgan fingerprint density at radius 3 is 2.26 bits per heavy atom. The largest absolute Gasteiger partial charge is 0.478 e. The van der Waals surface area contributed by atoms with Gasteiger partial charge in [-0.15, -0.1) is 0 Å². The number of carboxylic acid groups (broad SMARTS) is 1. The third-order valence-corrected chi connectivity index (χ3v) is 3.27. The van der Waals surface area contributed by atoms with E-state index >= 15 is 0 Å². The van der Waals surface area contributed by atoms with Gasteiger partial charge in [0.15, 0.2) is 5.78 Å². The van der Waals surface area contributed by atoms with Crippen LogP contribution in [0.15, 0.2) is 42.5 Å². The minimum Gasteiger partial charge on any atom is -0.478 e. The molecule has 0 heterocycles. The summed E-state index contributed by atoms with van der Waals surface area (Å²) in [5.41, 5.74) is 0.781. The van der Waals surface area contributed by atoms with Crippen molar-refractivity contribution in [3.63, 3.8) is 0 Å². The molecule has 2 aromatic carbocycles. The number of carbonyl (C=O) groups is 3. The molecule has 0 unspecified atom stereocenters. The van der Waals surface area contributed by atoms with Gasteiger partial charge in [-0.05, 0) is 30.7 Å². The molecule has 0 aromatic heterocycles. The third kappa shape index (κ3) is 4.00. The molecule has 0 saturated carbocycles. The van der Waals surface area contributed by atoms with E-state index in [4.69, 9.17) is 5.11 Å². The van der Waals surface area contributed by atoms with Crippen LogP contribution >= 0.6 is 0 Å². The van der Waals surface area contributed by atoms with Crippen LogP contribution in [0.4, 0.5) is 4.39 Å². The maximum absolute atomic E-state index is 13.2. The summed E-state index contributed by atoms with van der Waals surface area (Å²) in [5, 5.41) is 11.6. The second kappa shape index (κ2) is 6.83. The average Bonchev–Trinajstić information content (AvgIpc) is 2.52. The Kier molecular flexibility index (Phi) is 4.85. The zero-order valence-corrected chi connectivity index (χ0v) is 12.3. The van der Waals surface area contributed by atoms with Crippen LogP contribution in [-0.2, 0) is 6.54 Å². The molecule has 23 heavy (non-hydrogen) atoms. The van der Waals surface area contributed by atoms with Crippen LogP contribution in [0.3, 0.4) is 0 Å². The van der Waals surface area contributed by atoms with E-state index in [0.29, 0.717) is 5.56 Å². The lowest BCUT2D eigenvalue weighted by Gasteiger charge is -2.08. The second-order valence-electron chi connectivity index (χ2n) is 4.93. The Hall–Kier alpha value is -3.02. The fourth-order valence-electron chi connectivity index (χ4n) is 2.03. The van der Waals surface area contributed by atoms with E-state index in [1.165, 1.54) is 6.92 Å². The molecule has 0 aliphatic rings. The van der Waals surface area contributed by atoms with E-state index in [9.17, 15) is 18.8 Å². The molecule has 1 amide bonds. The van der Waals surface area contributed by atoms with Crippen molar-refractivity contribution in [3.8, 4) is 0 Å². The maximum atomic E-state index is 13.2. The Labute approximate surface area is 131 Å². The Bertz CT molecular complexity index is 769. The van der Waals surface area contributed by atoms with Gasteiger partial charge in [0.2, 0.25) is 0 Å². The highest BCUT2D eigenvalue weighted by molar-refractivity contribution is 6.04. The molecule has 0 spiro atoms. The number of aromatic carboxylic acids is 1. The molecule has 6 heteroatoms. The van der Waals surface area contributed by atoms with Crippen LogP contribution < -0.4 is 5.32 Å². The van der Waals surface area contributed by atoms with E-state index in [0.717, 1.165) is 23.8 Å². The first kappa shape index (κ1) is 16.4. The van der Waals surface area contributed by atoms with Crippen LogP contribution in [0.5, 0.6) is 0 Å². The van der Waals surface area contributed by atoms with Gasteiger partial charge < -0.3 is 10.4 Å². The molecule has 0 aliphatic heterocycles. The van der Waals surface area contributed by atoms with Crippen molar-refractivity contribution < 1.29 is 23.9 Å². The number of carbonyl (C=O) groups excluding carboxylic acids is 2. The van der Waals surface area contributed by atoms with Gasteiger partial charge >= 0.3 is 5.97 Å². The monoisotopic (exact) mass is 315 g/mol. The van der Waals surface area contributed by atoms with Crippen molar-refractivity contribution in [2.75, 3.05) is 0 Å². The summed E-state index contributed by atoms with van der Waals surface area (Å²) < 4.78 is 13.2. The summed E-state index contributed by atoms with van der Waals surface area (Å²) in [7, 11) is 0. The molecule has 0 fully saturated rings. The number of hydrogen-bond donors (Lipinski definition) is 2. The Balaban J connectivity index is 2.12. The molecule has 0 bridgehead atoms. The minimum absolute atomic E-state index is 0.0635. The first-order valence-electron chi connectivity index (χ1n) is 6.79. The van der Waals surface area contributed by atoms with Crippen LogP contribution in [0.1, 0.15) is 43.6 Å². The zero-order valence-electron chi connectivity index (χ0n) is 12.3. The molecule has 2 N–H and O–H groups in total. The number of hydrogen-bond acceptors (Lipinski definition) is 3. The van der Waals surface area contributed by atoms with Crippen molar-refractivity contribution in [1.29, 1.82) is 0 Å². The lowest BCUT2D eigenvalue weighted by molar-refractivity contribution is 0.0690. The Morgan fingerprint density at radius 2 is 1.70 bits per heavy atom. The van der Waals surface area contributed by atoms with Gasteiger partial charge in [-0.25, -0.2) is 9.18 Å². The fraction of sp³-hybridized carbons (Fsp3) is 0.118. The summed E-state index contributed by atoms with van der Waals surface area (Å²) >= 11 is 0. The summed E-state index contributed by atoms with van der Waals surface area (Å²) in [4.78, 5) is 34.3. The summed E-state index contributed by atoms with van der Waals surface area (Å²) in [6.07, 6.45) is 0. The van der Waals surface area contributed by atoms with E-state index in [2.05, 4.69) is 5.32 Å². The predicted molar refractivity (Wildman–Crippen MR) is 81.0 cm³/mol. The number of Topliss-reactive ketones (excluding diaryl/α,β-unsaturated/α-hetero) is 1. The van der Waals surface area contributed by atoms with Crippen molar-refractivity contribution in [2.45, 2.75) is 13.5 Å². The first-order chi connectivity index (χ1) is 10.9. The summed E-state index contributed by atoms with van der Waals surface area (Å²) in [5.74, 6) is -2.74. The number of carboxylic acids is 1. The predicted octanol–water partition coefficient (Wildman–Crippen LogP) is 2.66. The number of rotatable bonds is 5. The van der Waals surface area contributed by atoms with E-state index in [-0.39, 0.29) is 23.5 Å². The number of benzene rings is 2. The molecule has 0 radical (unpaired) electrons. The maximum Gasteiger partial charge on any atom is 0.336 e. The van der Waals surface area contributed by atoms with Crippen molar-refractivity contribution in [1.82, 2.24) is 5.32 Å². The van der Waals surface area contributed by atoms with Gasteiger partial charge in [0.1, 0.15) is 5.82 Å². The van der Waals surface area contributed by atoms with Gasteiger partial charge in [-0.2, -0.15) is 0 Å². The van der Waals surface area contributed by atoms with E-state index in [1.807, 2.05) is 0 Å². The lowest BCUT2D eigenvalue weighted by atomic mass is 10.1. The van der Waals surface area contributed by atoms with Crippen molar-refractivity contribution in [3.05, 3.63) is 70.5 Å². The molecule has 0 aliphatic carbocycles. The van der Waals surface area contributed by atoms with Gasteiger partial charge in [-0.3, -0.25) is 9.59 Å². The highest BCUT2D eigenvalue weighted by Crippen LogP contribution is 2.12. The van der Waals surface area contributed by atoms with Crippen molar-refractivity contribution in [2.24, 2.45) is 0 Å². The van der Waals surface area contributed by atoms with Gasteiger partial charge in [0, 0.05) is 12.1 Å². The zero-order chi connectivity index (χ0) is 17.0. The third-order valence-electron chi connectivity index (χ3n) is 3.27. The second-order valence-corrected chi connectivity index (χ2v) is 4.93. The normalized spacial score (nSPS) is 10.2. The SMILES string of the molecule is CC(=O)c1ccc(CNC(=O)c2cc(F)ccc2C(=O)O)cc1. The molecule has 0 saturated heterocycles. The molecule has 2 aromatic rings. The summed E-state index contributed by atoms with van der Waals surface area (Å²) in [6, 6.07) is 9.55. The topological polar surface area (TPSA) is 83.5 Å². The number of amides is 1. The number of halogens is 1. The molecule has 0 atom stereocenters. The minimum atomic E-state index is -1.30. The highest BCUT2D eigenvalue weighted by atomic mass is 19.1. The highest BCUT2D eigenvalue weighted by Gasteiger charge is 2.17. The van der Waals surface area contributed by atoms with Crippen LogP contribution in [0.25, 0.3) is 0 Å².